The van der Waals surface area contributed by atoms with Gasteiger partial charge in [-0.3, -0.25) is 4.79 Å². The summed E-state index contributed by atoms with van der Waals surface area (Å²) in [6.45, 7) is 3.85. The summed E-state index contributed by atoms with van der Waals surface area (Å²) in [5.41, 5.74) is 0.217. The van der Waals surface area contributed by atoms with Crippen LogP contribution in [0.4, 0.5) is 4.39 Å². The highest BCUT2D eigenvalue weighted by Gasteiger charge is 2.46. The van der Waals surface area contributed by atoms with E-state index in [1.54, 1.807) is 0 Å². The summed E-state index contributed by atoms with van der Waals surface area (Å²) in [5.74, 6) is -0.204. The van der Waals surface area contributed by atoms with Gasteiger partial charge in [-0.1, -0.05) is 0 Å². The van der Waals surface area contributed by atoms with Crippen LogP contribution in [0.1, 0.15) is 30.1 Å². The molecule has 2 heterocycles. The standard InChI is InChI=1S/C16H18FNO3/c1-2-20-10-13-15(19)12-4-3-11(17)9-14(12)21-16(13)5-7-18-8-6-16/h3-4,9-10,18H,2,5-8H2,1H3. The van der Waals surface area contributed by atoms with Crippen LogP contribution >= 0.6 is 0 Å². The van der Waals surface area contributed by atoms with E-state index in [1.807, 2.05) is 6.92 Å². The fraction of sp³-hybridized carbons (Fsp3) is 0.438. The van der Waals surface area contributed by atoms with Crippen LogP contribution in [-0.4, -0.2) is 31.1 Å². The van der Waals surface area contributed by atoms with E-state index >= 15 is 0 Å². The topological polar surface area (TPSA) is 47.6 Å². The molecule has 3 rings (SSSR count). The summed E-state index contributed by atoms with van der Waals surface area (Å²) in [4.78, 5) is 12.7. The van der Waals surface area contributed by atoms with Crippen LogP contribution in [-0.2, 0) is 4.74 Å². The predicted molar refractivity (Wildman–Crippen MR) is 75.9 cm³/mol. The first-order valence-electron chi connectivity index (χ1n) is 7.22. The number of rotatable bonds is 2. The van der Waals surface area contributed by atoms with Crippen molar-refractivity contribution in [3.63, 3.8) is 0 Å². The van der Waals surface area contributed by atoms with Crippen molar-refractivity contribution in [3.05, 3.63) is 41.4 Å². The van der Waals surface area contributed by atoms with Gasteiger partial charge in [0.1, 0.15) is 17.2 Å². The van der Waals surface area contributed by atoms with Crippen molar-refractivity contribution >= 4 is 5.78 Å². The Bertz CT molecular complexity index is 591. The van der Waals surface area contributed by atoms with E-state index in [2.05, 4.69) is 5.32 Å². The summed E-state index contributed by atoms with van der Waals surface area (Å²) < 4.78 is 24.9. The number of hydrogen-bond donors (Lipinski definition) is 1. The van der Waals surface area contributed by atoms with Crippen LogP contribution in [0.15, 0.2) is 30.0 Å². The lowest BCUT2D eigenvalue weighted by atomic mass is 9.79. The Hall–Kier alpha value is -1.88. The minimum absolute atomic E-state index is 0.133. The summed E-state index contributed by atoms with van der Waals surface area (Å²) in [6.07, 6.45) is 2.83. The van der Waals surface area contributed by atoms with E-state index in [0.29, 0.717) is 36.3 Å². The summed E-state index contributed by atoms with van der Waals surface area (Å²) in [7, 11) is 0. The molecule has 1 spiro atoms. The van der Waals surface area contributed by atoms with Gasteiger partial charge in [-0.05, 0) is 32.1 Å². The Balaban J connectivity index is 2.08. The summed E-state index contributed by atoms with van der Waals surface area (Å²) in [6, 6.07) is 4.04. The van der Waals surface area contributed by atoms with Gasteiger partial charge in [0.15, 0.2) is 5.78 Å². The first-order valence-corrected chi connectivity index (χ1v) is 7.22. The minimum atomic E-state index is -0.710. The zero-order valence-electron chi connectivity index (χ0n) is 11.9. The molecule has 0 bridgehead atoms. The Morgan fingerprint density at radius 1 is 1.43 bits per heavy atom. The quantitative estimate of drug-likeness (QED) is 0.671. The number of benzene rings is 1. The van der Waals surface area contributed by atoms with Gasteiger partial charge in [-0.2, -0.15) is 0 Å². The highest BCUT2D eigenvalue weighted by Crippen LogP contribution is 2.41. The molecule has 0 amide bonds. The van der Waals surface area contributed by atoms with Gasteiger partial charge < -0.3 is 14.8 Å². The van der Waals surface area contributed by atoms with Crippen molar-refractivity contribution in [2.75, 3.05) is 19.7 Å². The molecule has 0 atom stereocenters. The molecule has 4 nitrogen and oxygen atoms in total. The molecular formula is C16H18FNO3. The van der Waals surface area contributed by atoms with Gasteiger partial charge in [-0.15, -0.1) is 0 Å². The highest BCUT2D eigenvalue weighted by molar-refractivity contribution is 6.12. The SMILES string of the molecule is CCOC=C1C(=O)c2ccc(F)cc2OC12CCNCC2. The van der Waals surface area contributed by atoms with Crippen molar-refractivity contribution < 1.29 is 18.7 Å². The second kappa shape index (κ2) is 5.48. The molecule has 1 fully saturated rings. The molecule has 0 aromatic heterocycles. The van der Waals surface area contributed by atoms with Crippen LogP contribution in [0.2, 0.25) is 0 Å². The van der Waals surface area contributed by atoms with Gasteiger partial charge in [0.05, 0.1) is 24.0 Å². The fourth-order valence-electron chi connectivity index (χ4n) is 2.92. The van der Waals surface area contributed by atoms with E-state index in [-0.39, 0.29) is 5.78 Å². The number of fused-ring (bicyclic) bond motifs is 1. The van der Waals surface area contributed by atoms with Crippen LogP contribution in [0, 0.1) is 5.82 Å². The van der Waals surface area contributed by atoms with E-state index in [1.165, 1.54) is 24.5 Å². The van der Waals surface area contributed by atoms with E-state index in [9.17, 15) is 9.18 Å². The third-order valence-electron chi connectivity index (χ3n) is 4.01. The fourth-order valence-corrected chi connectivity index (χ4v) is 2.92. The molecule has 5 heteroatoms. The van der Waals surface area contributed by atoms with E-state index in [0.717, 1.165) is 13.1 Å². The number of carbonyl (C=O) groups is 1. The number of hydrogen-bond acceptors (Lipinski definition) is 4. The van der Waals surface area contributed by atoms with Gasteiger partial charge in [-0.25, -0.2) is 4.39 Å². The third kappa shape index (κ3) is 2.42. The lowest BCUT2D eigenvalue weighted by molar-refractivity contribution is 0.0500. The third-order valence-corrected chi connectivity index (χ3v) is 4.01. The smallest absolute Gasteiger partial charge is 0.199 e. The number of carbonyl (C=O) groups excluding carboxylic acids is 1. The first kappa shape index (κ1) is 14.1. The molecule has 0 saturated carbocycles. The van der Waals surface area contributed by atoms with E-state index < -0.39 is 11.4 Å². The molecule has 0 unspecified atom stereocenters. The number of nitrogens with one attached hydrogen (secondary N) is 1. The Morgan fingerprint density at radius 2 is 2.19 bits per heavy atom. The number of halogens is 1. The van der Waals surface area contributed by atoms with E-state index in [4.69, 9.17) is 9.47 Å². The molecule has 1 aromatic carbocycles. The molecule has 1 N–H and O–H groups in total. The van der Waals surface area contributed by atoms with Gasteiger partial charge >= 0.3 is 0 Å². The van der Waals surface area contributed by atoms with Crippen LogP contribution in [0.3, 0.4) is 0 Å². The van der Waals surface area contributed by atoms with Gasteiger partial charge in [0.2, 0.25) is 0 Å². The Kier molecular flexibility index (Phi) is 3.68. The van der Waals surface area contributed by atoms with Crippen molar-refractivity contribution in [3.8, 4) is 5.75 Å². The van der Waals surface area contributed by atoms with Crippen molar-refractivity contribution in [2.24, 2.45) is 0 Å². The number of ether oxygens (including phenoxy) is 2. The maximum atomic E-state index is 13.4. The molecule has 2 aliphatic rings. The summed E-state index contributed by atoms with van der Waals surface area (Å²) in [5, 5.41) is 3.25. The lowest BCUT2D eigenvalue weighted by Gasteiger charge is -2.42. The molecule has 112 valence electrons. The average Bonchev–Trinajstić information content (AvgIpc) is 2.47. The molecule has 0 radical (unpaired) electrons. The first-order chi connectivity index (χ1) is 10.2. The monoisotopic (exact) mass is 291 g/mol. The zero-order chi connectivity index (χ0) is 14.9. The van der Waals surface area contributed by atoms with Crippen molar-refractivity contribution in [2.45, 2.75) is 25.4 Å². The number of piperidine rings is 1. The maximum absolute atomic E-state index is 13.4. The van der Waals surface area contributed by atoms with Crippen molar-refractivity contribution in [1.82, 2.24) is 5.32 Å². The zero-order valence-corrected chi connectivity index (χ0v) is 11.9. The van der Waals surface area contributed by atoms with Crippen LogP contribution in [0.25, 0.3) is 0 Å². The van der Waals surface area contributed by atoms with Crippen LogP contribution < -0.4 is 10.1 Å². The van der Waals surface area contributed by atoms with Gasteiger partial charge in [0.25, 0.3) is 0 Å². The van der Waals surface area contributed by atoms with Crippen LogP contribution in [0.5, 0.6) is 5.75 Å². The second-order valence-electron chi connectivity index (χ2n) is 5.30. The Labute approximate surface area is 122 Å². The molecule has 2 aliphatic heterocycles. The molecule has 0 aliphatic carbocycles. The molecule has 21 heavy (non-hydrogen) atoms. The van der Waals surface area contributed by atoms with Crippen molar-refractivity contribution in [1.29, 1.82) is 0 Å². The number of ketones is 1. The summed E-state index contributed by atoms with van der Waals surface area (Å²) >= 11 is 0. The lowest BCUT2D eigenvalue weighted by Crippen LogP contribution is -2.51. The maximum Gasteiger partial charge on any atom is 0.199 e. The number of Topliss-reactive ketones (excluding diaryl/α,β-unsaturated/α-hetero) is 1. The normalized spacial score (nSPS) is 22.0. The molecular weight excluding hydrogens is 273 g/mol. The average molecular weight is 291 g/mol. The largest absolute Gasteiger partial charge is 0.501 e. The minimum Gasteiger partial charge on any atom is -0.501 e. The highest BCUT2D eigenvalue weighted by atomic mass is 19.1. The predicted octanol–water partition coefficient (Wildman–Crippen LogP) is 2.44. The second-order valence-corrected chi connectivity index (χ2v) is 5.30. The van der Waals surface area contributed by atoms with Gasteiger partial charge in [0, 0.05) is 18.9 Å². The molecule has 1 saturated heterocycles. The Morgan fingerprint density at radius 3 is 2.90 bits per heavy atom. The molecule has 1 aromatic rings.